The smallest absolute Gasteiger partial charge is 0.382 e. The van der Waals surface area contributed by atoms with E-state index >= 15 is 0 Å². The minimum absolute atomic E-state index is 0.345. The van der Waals surface area contributed by atoms with Crippen LogP contribution in [0.2, 0.25) is 0 Å². The monoisotopic (exact) mass is 880 g/mol. The highest BCUT2D eigenvalue weighted by atomic mass is 19.4. The molecule has 1 aliphatic heterocycles. The zero-order valence-electron chi connectivity index (χ0n) is 29.3. The van der Waals surface area contributed by atoms with Gasteiger partial charge in [-0.25, -0.2) is 0 Å². The van der Waals surface area contributed by atoms with Crippen LogP contribution in [-0.2, 0) is 33.4 Å². The number of hydrogen-bond donors (Lipinski definition) is 4. The van der Waals surface area contributed by atoms with E-state index in [0.717, 1.165) is 0 Å². The van der Waals surface area contributed by atoms with Crippen molar-refractivity contribution in [1.82, 2.24) is 0 Å². The van der Waals surface area contributed by atoms with E-state index < -0.39 is 139 Å². The van der Waals surface area contributed by atoms with Crippen LogP contribution in [0.5, 0.6) is 0 Å². The quantitative estimate of drug-likeness (QED) is 0.0960. The summed E-state index contributed by atoms with van der Waals surface area (Å²) in [6.07, 6.45) is -20.5. The Labute approximate surface area is 308 Å². The van der Waals surface area contributed by atoms with Crippen LogP contribution < -0.4 is 0 Å². The van der Waals surface area contributed by atoms with Crippen LogP contribution in [0, 0.1) is 0 Å². The molecule has 1 fully saturated rings. The van der Waals surface area contributed by atoms with Gasteiger partial charge in [0.25, 0.3) is 0 Å². The lowest BCUT2D eigenvalue weighted by Gasteiger charge is -2.57. The SMILES string of the molecule is CC(=O)C(O)[C@H]1O[C@@H](OCCCCOCCCC(F)(F)C(F)(F)C(F)(F)C(F)(F)C(F)(F)C(F)(F)C(F)(F)C(F)(F)F)[C@@](O)(C(C)=O)[C@](O)(C(C)=O)[C@]1(O)C(C)=O. The standard InChI is InChI=1S/C29H33F17O11/c1-12(47)16(51)17-20(52,13(2)48)22(54,15(4)50)21(53,14(3)49)18(57-17)56-11-6-5-9-55-10-7-8-19(30,31)23(32,33)24(34,35)25(36,37)26(38,39)27(40,41)28(42,43)29(44,45)46/h16-18,51-54H,5-11H2,1-4H3/t16?,17-,18-,20+,21+,22+/m1/s1. The van der Waals surface area contributed by atoms with E-state index in [1.807, 2.05) is 0 Å². The summed E-state index contributed by atoms with van der Waals surface area (Å²) in [5, 5.41) is 44.1. The molecule has 1 rings (SSSR count). The average molecular weight is 881 g/mol. The summed E-state index contributed by atoms with van der Waals surface area (Å²) in [7, 11) is 0. The third-order valence-corrected chi connectivity index (χ3v) is 8.93. The number of halogens is 17. The number of carbonyl (C=O) groups is 4. The van der Waals surface area contributed by atoms with Crippen molar-refractivity contribution in [2.24, 2.45) is 0 Å². The summed E-state index contributed by atoms with van der Waals surface area (Å²) in [4.78, 5) is 49.7. The molecule has 0 aliphatic carbocycles. The second kappa shape index (κ2) is 16.3. The van der Waals surface area contributed by atoms with Gasteiger partial charge in [0.1, 0.15) is 12.2 Å². The third-order valence-electron chi connectivity index (χ3n) is 8.93. The fourth-order valence-corrected chi connectivity index (χ4v) is 5.43. The second-order valence-corrected chi connectivity index (χ2v) is 12.8. The number of unbranched alkanes of at least 4 members (excludes halogenated alkanes) is 1. The van der Waals surface area contributed by atoms with Gasteiger partial charge in [0, 0.05) is 26.2 Å². The normalized spacial score (nSPS) is 26.6. The number of rotatable bonds is 21. The zero-order chi connectivity index (χ0) is 45.6. The van der Waals surface area contributed by atoms with Gasteiger partial charge in [0.2, 0.25) is 11.2 Å². The molecule has 1 heterocycles. The first-order chi connectivity index (χ1) is 25.1. The van der Waals surface area contributed by atoms with Gasteiger partial charge in [0.05, 0.1) is 0 Å². The van der Waals surface area contributed by atoms with Gasteiger partial charge in [-0.05, 0) is 47.0 Å². The minimum atomic E-state index is -8.74. The number of aliphatic hydroxyl groups excluding tert-OH is 1. The Bertz CT molecular complexity index is 1510. The van der Waals surface area contributed by atoms with Crippen LogP contribution in [0.15, 0.2) is 0 Å². The molecule has 0 spiro atoms. The number of Topliss-reactive ketones (excluding diaryl/α,β-unsaturated/α-hetero) is 4. The summed E-state index contributed by atoms with van der Waals surface area (Å²) in [5.74, 6) is -63.2. The van der Waals surface area contributed by atoms with E-state index in [1.54, 1.807) is 0 Å². The van der Waals surface area contributed by atoms with Crippen molar-refractivity contribution in [3.8, 4) is 0 Å². The van der Waals surface area contributed by atoms with Gasteiger partial charge in [-0.15, -0.1) is 0 Å². The summed E-state index contributed by atoms with van der Waals surface area (Å²) in [6.45, 7) is -0.369. The van der Waals surface area contributed by atoms with Gasteiger partial charge in [-0.2, -0.15) is 74.6 Å². The van der Waals surface area contributed by atoms with E-state index in [0.29, 0.717) is 27.7 Å². The molecule has 334 valence electrons. The highest BCUT2D eigenvalue weighted by Gasteiger charge is 2.95. The van der Waals surface area contributed by atoms with Crippen molar-refractivity contribution in [2.75, 3.05) is 19.8 Å². The molecule has 0 amide bonds. The van der Waals surface area contributed by atoms with E-state index in [2.05, 4.69) is 4.74 Å². The number of alkyl halides is 17. The molecule has 0 radical (unpaired) electrons. The lowest BCUT2D eigenvalue weighted by Crippen LogP contribution is -2.87. The molecule has 0 saturated carbocycles. The summed E-state index contributed by atoms with van der Waals surface area (Å²) in [6, 6.07) is 0. The van der Waals surface area contributed by atoms with E-state index in [9.17, 15) is 114 Å². The largest absolute Gasteiger partial charge is 0.460 e. The summed E-state index contributed by atoms with van der Waals surface area (Å²) < 4.78 is 243. The van der Waals surface area contributed by atoms with Crippen LogP contribution in [0.3, 0.4) is 0 Å². The molecule has 6 atom stereocenters. The van der Waals surface area contributed by atoms with Crippen molar-refractivity contribution >= 4 is 23.1 Å². The first kappa shape index (κ1) is 52.2. The number of carbonyl (C=O) groups excluding carboxylic acids is 4. The number of aliphatic hydroxyl groups is 4. The third kappa shape index (κ3) is 7.86. The zero-order valence-corrected chi connectivity index (χ0v) is 29.3. The Kier molecular flexibility index (Phi) is 15.0. The Morgan fingerprint density at radius 1 is 0.579 bits per heavy atom. The highest BCUT2D eigenvalue weighted by molar-refractivity contribution is 6.05. The molecule has 0 aromatic heterocycles. The lowest BCUT2D eigenvalue weighted by atomic mass is 9.60. The van der Waals surface area contributed by atoms with Gasteiger partial charge < -0.3 is 34.6 Å². The van der Waals surface area contributed by atoms with Crippen LogP contribution in [0.25, 0.3) is 0 Å². The Hall–Kier alpha value is -2.79. The molecule has 4 N–H and O–H groups in total. The van der Waals surface area contributed by atoms with Crippen LogP contribution in [0.4, 0.5) is 74.6 Å². The van der Waals surface area contributed by atoms with Gasteiger partial charge in [-0.3, -0.25) is 19.2 Å². The Morgan fingerprint density at radius 3 is 1.35 bits per heavy atom. The Morgan fingerprint density at radius 2 is 0.965 bits per heavy atom. The molecule has 0 aromatic rings. The van der Waals surface area contributed by atoms with Crippen molar-refractivity contribution in [2.45, 2.75) is 136 Å². The fourth-order valence-electron chi connectivity index (χ4n) is 5.43. The first-order valence-corrected chi connectivity index (χ1v) is 15.6. The lowest BCUT2D eigenvalue weighted by molar-refractivity contribution is -0.461. The van der Waals surface area contributed by atoms with Crippen LogP contribution in [0.1, 0.15) is 53.4 Å². The molecule has 1 aliphatic rings. The second-order valence-electron chi connectivity index (χ2n) is 12.8. The molecular weight excluding hydrogens is 847 g/mol. The van der Waals surface area contributed by atoms with Gasteiger partial charge >= 0.3 is 47.6 Å². The molecule has 1 saturated heterocycles. The topological polar surface area (TPSA) is 177 Å². The van der Waals surface area contributed by atoms with Crippen molar-refractivity contribution in [1.29, 1.82) is 0 Å². The van der Waals surface area contributed by atoms with E-state index in [4.69, 9.17) is 9.47 Å². The Balaban J connectivity index is 3.03. The number of ketones is 4. The number of hydrogen-bond acceptors (Lipinski definition) is 11. The van der Waals surface area contributed by atoms with Crippen molar-refractivity contribution in [3.63, 3.8) is 0 Å². The van der Waals surface area contributed by atoms with Gasteiger partial charge in [0.15, 0.2) is 35.0 Å². The summed E-state index contributed by atoms with van der Waals surface area (Å²) in [5.41, 5.74) is -11.2. The van der Waals surface area contributed by atoms with Crippen molar-refractivity contribution < 1.29 is 128 Å². The highest BCUT2D eigenvalue weighted by Crippen LogP contribution is 2.64. The maximum atomic E-state index is 14.1. The molecule has 0 aromatic carbocycles. The molecular formula is C29H33F17O11. The van der Waals surface area contributed by atoms with Crippen LogP contribution in [-0.4, -0.2) is 146 Å². The average Bonchev–Trinajstić information content (AvgIpc) is 3.05. The van der Waals surface area contributed by atoms with E-state index in [1.165, 1.54) is 0 Å². The van der Waals surface area contributed by atoms with Gasteiger partial charge in [-0.1, -0.05) is 0 Å². The predicted octanol–water partition coefficient (Wildman–Crippen LogP) is 4.22. The minimum Gasteiger partial charge on any atom is -0.382 e. The van der Waals surface area contributed by atoms with E-state index in [-0.39, 0.29) is 12.8 Å². The fraction of sp³-hybridized carbons (Fsp3) is 0.862. The predicted molar refractivity (Wildman–Crippen MR) is 148 cm³/mol. The van der Waals surface area contributed by atoms with Crippen LogP contribution >= 0.6 is 0 Å². The molecule has 11 nitrogen and oxygen atoms in total. The first-order valence-electron chi connectivity index (χ1n) is 15.6. The van der Waals surface area contributed by atoms with Crippen molar-refractivity contribution in [3.05, 3.63) is 0 Å². The maximum absolute atomic E-state index is 14.1. The maximum Gasteiger partial charge on any atom is 0.460 e. The molecule has 28 heteroatoms. The summed E-state index contributed by atoms with van der Waals surface area (Å²) >= 11 is 0. The molecule has 0 bridgehead atoms. The number of ether oxygens (including phenoxy) is 3. The molecule has 1 unspecified atom stereocenters. The molecule has 57 heavy (non-hydrogen) atoms.